The molecular formula is C24H24F3N7O. The largest absolute Gasteiger partial charge is 0.451 e. The summed E-state index contributed by atoms with van der Waals surface area (Å²) >= 11 is 0. The molecule has 0 radical (unpaired) electrons. The molecule has 5 rings (SSSR count). The van der Waals surface area contributed by atoms with Crippen LogP contribution < -0.4 is 0 Å². The fourth-order valence-corrected chi connectivity index (χ4v) is 4.20. The van der Waals surface area contributed by atoms with Gasteiger partial charge in [0.25, 0.3) is 0 Å². The number of nitrogens with one attached hydrogen (secondary N) is 1. The van der Waals surface area contributed by atoms with Crippen LogP contribution in [0, 0.1) is 5.41 Å². The molecule has 182 valence electrons. The topological polar surface area (TPSA) is 92.6 Å². The van der Waals surface area contributed by atoms with Crippen LogP contribution in [0.25, 0.3) is 22.4 Å². The molecule has 0 spiro atoms. The maximum absolute atomic E-state index is 13.0. The Labute approximate surface area is 199 Å². The van der Waals surface area contributed by atoms with E-state index in [1.807, 2.05) is 49.9 Å². The van der Waals surface area contributed by atoms with Crippen molar-refractivity contribution in [3.63, 3.8) is 0 Å². The van der Waals surface area contributed by atoms with E-state index in [2.05, 4.69) is 20.2 Å². The summed E-state index contributed by atoms with van der Waals surface area (Å²) in [6.07, 6.45) is -1.19. The molecule has 0 fully saturated rings. The third kappa shape index (κ3) is 4.43. The van der Waals surface area contributed by atoms with Crippen molar-refractivity contribution in [1.29, 1.82) is 0 Å². The van der Waals surface area contributed by atoms with Crippen molar-refractivity contribution in [3.8, 4) is 11.3 Å². The van der Waals surface area contributed by atoms with Gasteiger partial charge in [0.15, 0.2) is 11.4 Å². The number of rotatable bonds is 4. The van der Waals surface area contributed by atoms with Crippen molar-refractivity contribution in [1.82, 2.24) is 34.6 Å². The average molecular weight is 483 g/mol. The summed E-state index contributed by atoms with van der Waals surface area (Å²) in [5.41, 5.74) is 3.60. The van der Waals surface area contributed by atoms with Gasteiger partial charge >= 0.3 is 6.18 Å². The Morgan fingerprint density at radius 2 is 1.83 bits per heavy atom. The predicted octanol–water partition coefficient (Wildman–Crippen LogP) is 4.48. The van der Waals surface area contributed by atoms with Crippen molar-refractivity contribution in [2.75, 3.05) is 6.54 Å². The molecule has 4 aromatic rings. The molecule has 4 heterocycles. The molecule has 11 heteroatoms. The lowest BCUT2D eigenvalue weighted by molar-refractivity contribution is -0.148. The number of H-pyrrole nitrogens is 1. The highest BCUT2D eigenvalue weighted by Crippen LogP contribution is 2.30. The van der Waals surface area contributed by atoms with Crippen molar-refractivity contribution >= 4 is 16.9 Å². The number of hydrogen-bond acceptors (Lipinski definition) is 6. The zero-order chi connectivity index (χ0) is 25.0. The van der Waals surface area contributed by atoms with Gasteiger partial charge in [-0.05, 0) is 5.56 Å². The Hall–Kier alpha value is -3.60. The Balaban J connectivity index is 1.32. The number of Topliss-reactive ketones (excluding diaryl/α,β-unsaturated/α-hetero) is 1. The van der Waals surface area contributed by atoms with E-state index in [-0.39, 0.29) is 12.3 Å². The fourth-order valence-electron chi connectivity index (χ4n) is 4.20. The molecule has 1 aliphatic heterocycles. The normalized spacial score (nSPS) is 14.9. The molecule has 0 saturated heterocycles. The predicted molar refractivity (Wildman–Crippen MR) is 122 cm³/mol. The third-order valence-electron chi connectivity index (χ3n) is 6.05. The van der Waals surface area contributed by atoms with Crippen molar-refractivity contribution < 1.29 is 18.0 Å². The van der Waals surface area contributed by atoms with Crippen molar-refractivity contribution in [2.45, 2.75) is 46.6 Å². The summed E-state index contributed by atoms with van der Waals surface area (Å²) in [5.74, 6) is -0.634. The average Bonchev–Trinajstić information content (AvgIpc) is 3.42. The summed E-state index contributed by atoms with van der Waals surface area (Å²) in [4.78, 5) is 27.0. The monoisotopic (exact) mass is 483 g/mol. The number of aromatic nitrogens is 6. The van der Waals surface area contributed by atoms with E-state index >= 15 is 0 Å². The van der Waals surface area contributed by atoms with Gasteiger partial charge in [0.1, 0.15) is 11.3 Å². The second-order valence-corrected chi connectivity index (χ2v) is 9.73. The van der Waals surface area contributed by atoms with Gasteiger partial charge in [0.05, 0.1) is 24.0 Å². The van der Waals surface area contributed by atoms with Gasteiger partial charge in [-0.15, -0.1) is 10.2 Å². The molecule has 0 bridgehead atoms. The minimum atomic E-state index is -4.50. The van der Waals surface area contributed by atoms with Crippen molar-refractivity contribution in [3.05, 3.63) is 59.4 Å². The number of fused-ring (bicyclic) bond motifs is 2. The van der Waals surface area contributed by atoms with Crippen LogP contribution in [0.4, 0.5) is 13.2 Å². The maximum atomic E-state index is 13.0. The highest BCUT2D eigenvalue weighted by Gasteiger charge is 2.39. The van der Waals surface area contributed by atoms with Gasteiger partial charge < -0.3 is 9.55 Å². The van der Waals surface area contributed by atoms with Crippen LogP contribution in [-0.4, -0.2) is 46.9 Å². The summed E-state index contributed by atoms with van der Waals surface area (Å²) in [6.45, 7) is 7.13. The van der Waals surface area contributed by atoms with Crippen LogP contribution in [0.15, 0.2) is 36.7 Å². The van der Waals surface area contributed by atoms with Gasteiger partial charge in [0, 0.05) is 36.8 Å². The quantitative estimate of drug-likeness (QED) is 0.431. The lowest BCUT2D eigenvalue weighted by Crippen LogP contribution is -2.34. The van der Waals surface area contributed by atoms with E-state index in [0.717, 1.165) is 15.7 Å². The van der Waals surface area contributed by atoms with Crippen LogP contribution in [0.3, 0.4) is 0 Å². The lowest BCUT2D eigenvalue weighted by Gasteiger charge is -2.27. The molecule has 0 saturated carbocycles. The van der Waals surface area contributed by atoms with E-state index in [4.69, 9.17) is 4.98 Å². The first-order valence-corrected chi connectivity index (χ1v) is 11.2. The number of carbonyl (C=O) groups excluding carboxylic acids is 1. The number of benzene rings is 1. The minimum Gasteiger partial charge on any atom is -0.344 e. The maximum Gasteiger partial charge on any atom is 0.451 e. The summed E-state index contributed by atoms with van der Waals surface area (Å²) in [7, 11) is 0. The molecule has 1 aromatic carbocycles. The van der Waals surface area contributed by atoms with Crippen molar-refractivity contribution in [2.24, 2.45) is 5.41 Å². The molecule has 0 unspecified atom stereocenters. The molecule has 0 aliphatic carbocycles. The summed E-state index contributed by atoms with van der Waals surface area (Å²) in [6, 6.07) is 7.77. The van der Waals surface area contributed by atoms with Crippen LogP contribution in [0.1, 0.15) is 48.3 Å². The Kier molecular flexibility index (Phi) is 5.47. The van der Waals surface area contributed by atoms with Crippen LogP contribution in [-0.2, 0) is 25.8 Å². The van der Waals surface area contributed by atoms with Crippen LogP contribution in [0.5, 0.6) is 0 Å². The highest BCUT2D eigenvalue weighted by atomic mass is 19.4. The van der Waals surface area contributed by atoms with Gasteiger partial charge in [-0.1, -0.05) is 45.0 Å². The molecule has 35 heavy (non-hydrogen) atoms. The molecule has 1 N–H and O–H groups in total. The molecule has 3 aromatic heterocycles. The standard InChI is InChI=1S/C24H24F3N7O/c1-23(2,3)20(35)16-10-28-21-19(16)30-17(11-29-21)15-6-4-14(5-7-15)12-33-8-9-34-18(13-33)31-32-22(34)24(25,26)27/h4-7,10-11H,8-9,12-13H2,1-3H3,(H,28,29). The minimum absolute atomic E-state index is 0.00901. The number of ketones is 1. The van der Waals surface area contributed by atoms with E-state index in [9.17, 15) is 18.0 Å². The van der Waals surface area contributed by atoms with E-state index in [1.54, 1.807) is 12.4 Å². The second kappa shape index (κ2) is 8.26. The number of hydrogen-bond donors (Lipinski definition) is 1. The number of halogens is 3. The molecule has 1 aliphatic rings. The number of alkyl halides is 3. The zero-order valence-electron chi connectivity index (χ0n) is 19.5. The molecule has 8 nitrogen and oxygen atoms in total. The molecular weight excluding hydrogens is 459 g/mol. The molecule has 0 atom stereocenters. The number of aromatic amines is 1. The highest BCUT2D eigenvalue weighted by molar-refractivity contribution is 6.08. The fraction of sp³-hybridized carbons (Fsp3) is 0.375. The van der Waals surface area contributed by atoms with Crippen LogP contribution in [0.2, 0.25) is 0 Å². The first-order valence-electron chi connectivity index (χ1n) is 11.2. The van der Waals surface area contributed by atoms with E-state index < -0.39 is 17.4 Å². The van der Waals surface area contributed by atoms with Gasteiger partial charge in [-0.2, -0.15) is 13.2 Å². The van der Waals surface area contributed by atoms with E-state index in [1.165, 1.54) is 0 Å². The lowest BCUT2D eigenvalue weighted by atomic mass is 9.87. The summed E-state index contributed by atoms with van der Waals surface area (Å²) < 4.78 is 40.3. The third-order valence-corrected chi connectivity index (χ3v) is 6.05. The first kappa shape index (κ1) is 23.2. The smallest absolute Gasteiger partial charge is 0.344 e. The van der Waals surface area contributed by atoms with Gasteiger partial charge in [-0.3, -0.25) is 9.69 Å². The Bertz CT molecular complexity index is 1400. The Morgan fingerprint density at radius 3 is 2.51 bits per heavy atom. The summed E-state index contributed by atoms with van der Waals surface area (Å²) in [5, 5.41) is 7.06. The van der Waals surface area contributed by atoms with Crippen LogP contribution >= 0.6 is 0 Å². The van der Waals surface area contributed by atoms with E-state index in [0.29, 0.717) is 47.9 Å². The van der Waals surface area contributed by atoms with Gasteiger partial charge in [0.2, 0.25) is 5.82 Å². The second-order valence-electron chi connectivity index (χ2n) is 9.73. The zero-order valence-corrected chi connectivity index (χ0v) is 19.5. The number of carbonyl (C=O) groups is 1. The number of nitrogens with zero attached hydrogens (tertiary/aromatic N) is 6. The molecule has 0 amide bonds. The first-order chi connectivity index (χ1) is 16.5. The van der Waals surface area contributed by atoms with Gasteiger partial charge in [-0.25, -0.2) is 9.97 Å². The SMILES string of the molecule is CC(C)(C)C(=O)c1c[nH]c2ncc(-c3ccc(CN4CCn5c(nnc5C(F)(F)F)C4)cc3)nc12. The Morgan fingerprint density at radius 1 is 1.09 bits per heavy atom.